The molecule has 0 unspecified atom stereocenters. The first-order valence-electron chi connectivity index (χ1n) is 4.74. The van der Waals surface area contributed by atoms with Crippen LogP contribution in [-0.4, -0.2) is 5.71 Å². The zero-order valence-electron chi connectivity index (χ0n) is 9.00. The minimum Gasteiger partial charge on any atom is -0.258 e. The van der Waals surface area contributed by atoms with Crippen LogP contribution in [0.1, 0.15) is 19.4 Å². The number of benzene rings is 1. The van der Waals surface area contributed by atoms with Gasteiger partial charge in [-0.2, -0.15) is 0 Å². The highest BCUT2D eigenvalue weighted by atomic mass is 35.5. The van der Waals surface area contributed by atoms with Crippen molar-refractivity contribution in [1.82, 2.24) is 0 Å². The van der Waals surface area contributed by atoms with Crippen molar-refractivity contribution in [3.8, 4) is 0 Å². The number of hydrogen-bond acceptors (Lipinski definition) is 1. The van der Waals surface area contributed by atoms with Crippen LogP contribution in [0.25, 0.3) is 5.70 Å². The van der Waals surface area contributed by atoms with Crippen LogP contribution < -0.4 is 0 Å². The van der Waals surface area contributed by atoms with Gasteiger partial charge in [0, 0.05) is 16.3 Å². The van der Waals surface area contributed by atoms with Crippen molar-refractivity contribution in [2.45, 2.75) is 13.8 Å². The molecule has 0 atom stereocenters. The van der Waals surface area contributed by atoms with Crippen molar-refractivity contribution in [3.05, 3.63) is 53.6 Å². The molecule has 0 saturated heterocycles. The Labute approximate surface area is 95.8 Å². The molecule has 0 bridgehead atoms. The van der Waals surface area contributed by atoms with E-state index in [1.807, 2.05) is 44.2 Å². The molecule has 0 spiro atoms. The van der Waals surface area contributed by atoms with Gasteiger partial charge in [0.2, 0.25) is 0 Å². The molecule has 0 aliphatic carbocycles. The first-order valence-corrected chi connectivity index (χ1v) is 5.12. The molecule has 0 aliphatic rings. The van der Waals surface area contributed by atoms with E-state index in [1.54, 1.807) is 6.08 Å². The van der Waals surface area contributed by atoms with Crippen LogP contribution in [0, 0.1) is 0 Å². The number of allylic oxidation sites excluding steroid dienone is 2. The predicted molar refractivity (Wildman–Crippen MR) is 68.4 cm³/mol. The molecule has 15 heavy (non-hydrogen) atoms. The number of nitrogens with zero attached hydrogens (tertiary/aromatic N) is 1. The van der Waals surface area contributed by atoms with Gasteiger partial charge in [-0.15, -0.1) is 0 Å². The molecular weight excluding hydrogens is 206 g/mol. The third kappa shape index (κ3) is 3.72. The van der Waals surface area contributed by atoms with Crippen LogP contribution in [0.2, 0.25) is 5.02 Å². The Bertz CT molecular complexity index is 395. The van der Waals surface area contributed by atoms with Gasteiger partial charge in [-0.1, -0.05) is 36.4 Å². The van der Waals surface area contributed by atoms with E-state index in [0.29, 0.717) is 0 Å². The minimum absolute atomic E-state index is 0.730. The summed E-state index contributed by atoms with van der Waals surface area (Å²) in [6, 6.07) is 7.61. The van der Waals surface area contributed by atoms with Crippen LogP contribution in [0.4, 0.5) is 0 Å². The summed E-state index contributed by atoms with van der Waals surface area (Å²) in [6.45, 7) is 7.61. The van der Waals surface area contributed by atoms with Gasteiger partial charge in [0.25, 0.3) is 0 Å². The highest BCUT2D eigenvalue weighted by molar-refractivity contribution is 6.30. The van der Waals surface area contributed by atoms with E-state index < -0.39 is 0 Å². The fourth-order valence-corrected chi connectivity index (χ4v) is 1.30. The fraction of sp³-hybridized carbons (Fsp3) is 0.154. The molecule has 1 rings (SSSR count). The zero-order valence-corrected chi connectivity index (χ0v) is 9.75. The maximum atomic E-state index is 5.82. The Morgan fingerprint density at radius 2 is 1.87 bits per heavy atom. The molecule has 78 valence electrons. The molecule has 0 heterocycles. The summed E-state index contributed by atoms with van der Waals surface area (Å²) in [7, 11) is 0. The smallest absolute Gasteiger partial charge is 0.0700 e. The van der Waals surface area contributed by atoms with Crippen molar-refractivity contribution in [3.63, 3.8) is 0 Å². The minimum atomic E-state index is 0.730. The van der Waals surface area contributed by atoms with Gasteiger partial charge in [-0.3, -0.25) is 4.99 Å². The lowest BCUT2D eigenvalue weighted by Gasteiger charge is -2.02. The Morgan fingerprint density at radius 1 is 1.27 bits per heavy atom. The molecule has 1 nitrogen and oxygen atoms in total. The van der Waals surface area contributed by atoms with Gasteiger partial charge in [0.15, 0.2) is 0 Å². The Balaban J connectivity index is 3.11. The first-order chi connectivity index (χ1) is 7.13. The molecule has 0 radical (unpaired) electrons. The molecule has 1 aromatic carbocycles. The van der Waals surface area contributed by atoms with Crippen molar-refractivity contribution in [2.75, 3.05) is 0 Å². The van der Waals surface area contributed by atoms with Gasteiger partial charge in [-0.25, -0.2) is 0 Å². The standard InChI is InChI=1S/C13H14ClN/c1-4-5-13(15-10(2)3)11-6-8-12(14)9-7-11/h4-9H,1H2,2-3H3/b13-5-. The summed E-state index contributed by atoms with van der Waals surface area (Å²) in [5, 5.41) is 0.730. The molecule has 0 amide bonds. The van der Waals surface area contributed by atoms with Crippen LogP contribution in [0.5, 0.6) is 0 Å². The number of halogens is 1. The number of rotatable bonds is 3. The van der Waals surface area contributed by atoms with E-state index in [0.717, 1.165) is 22.0 Å². The largest absolute Gasteiger partial charge is 0.258 e. The molecule has 0 fully saturated rings. The van der Waals surface area contributed by atoms with Gasteiger partial charge in [0.1, 0.15) is 0 Å². The van der Waals surface area contributed by atoms with Crippen molar-refractivity contribution < 1.29 is 0 Å². The molecular formula is C13H14ClN. The van der Waals surface area contributed by atoms with E-state index in [1.165, 1.54) is 0 Å². The van der Waals surface area contributed by atoms with E-state index in [9.17, 15) is 0 Å². The molecule has 0 N–H and O–H groups in total. The van der Waals surface area contributed by atoms with Crippen molar-refractivity contribution in [2.24, 2.45) is 4.99 Å². The third-order valence-electron chi connectivity index (χ3n) is 1.76. The first kappa shape index (κ1) is 11.7. The lowest BCUT2D eigenvalue weighted by atomic mass is 10.1. The zero-order chi connectivity index (χ0) is 11.3. The number of aliphatic imine (C=N–C) groups is 1. The predicted octanol–water partition coefficient (Wildman–Crippen LogP) is 4.35. The van der Waals surface area contributed by atoms with Crippen LogP contribution in [0.15, 0.2) is 48.0 Å². The highest BCUT2D eigenvalue weighted by Gasteiger charge is 1.98. The number of hydrogen-bond donors (Lipinski definition) is 0. The van der Waals surface area contributed by atoms with Crippen LogP contribution >= 0.6 is 11.6 Å². The molecule has 2 heteroatoms. The Hall–Kier alpha value is -1.34. The van der Waals surface area contributed by atoms with Gasteiger partial charge >= 0.3 is 0 Å². The monoisotopic (exact) mass is 219 g/mol. The van der Waals surface area contributed by atoms with Crippen molar-refractivity contribution in [1.29, 1.82) is 0 Å². The second-order valence-electron chi connectivity index (χ2n) is 3.35. The molecule has 0 aliphatic heterocycles. The van der Waals surface area contributed by atoms with E-state index in [4.69, 9.17) is 11.6 Å². The lowest BCUT2D eigenvalue weighted by molar-refractivity contribution is 1.47. The summed E-state index contributed by atoms with van der Waals surface area (Å²) >= 11 is 5.82. The summed E-state index contributed by atoms with van der Waals surface area (Å²) in [5.41, 5.74) is 2.96. The SMILES string of the molecule is C=C/C=C(\N=C(C)C)c1ccc(Cl)cc1. The Morgan fingerprint density at radius 3 is 2.33 bits per heavy atom. The van der Waals surface area contributed by atoms with E-state index in [2.05, 4.69) is 11.6 Å². The molecule has 1 aromatic rings. The van der Waals surface area contributed by atoms with Gasteiger partial charge in [-0.05, 0) is 32.1 Å². The van der Waals surface area contributed by atoms with Gasteiger partial charge < -0.3 is 0 Å². The highest BCUT2D eigenvalue weighted by Crippen LogP contribution is 2.19. The summed E-state index contributed by atoms with van der Waals surface area (Å²) in [6.07, 6.45) is 3.62. The molecule has 0 saturated carbocycles. The second-order valence-corrected chi connectivity index (χ2v) is 3.79. The third-order valence-corrected chi connectivity index (χ3v) is 2.01. The van der Waals surface area contributed by atoms with Crippen LogP contribution in [-0.2, 0) is 0 Å². The van der Waals surface area contributed by atoms with E-state index in [-0.39, 0.29) is 0 Å². The summed E-state index contributed by atoms with van der Waals surface area (Å²) in [4.78, 5) is 4.43. The fourth-order valence-electron chi connectivity index (χ4n) is 1.17. The maximum absolute atomic E-state index is 5.82. The topological polar surface area (TPSA) is 12.4 Å². The second kappa shape index (κ2) is 5.52. The van der Waals surface area contributed by atoms with Crippen molar-refractivity contribution >= 4 is 23.0 Å². The average Bonchev–Trinajstić information content (AvgIpc) is 2.17. The van der Waals surface area contributed by atoms with E-state index >= 15 is 0 Å². The quantitative estimate of drug-likeness (QED) is 0.530. The summed E-state index contributed by atoms with van der Waals surface area (Å²) < 4.78 is 0. The summed E-state index contributed by atoms with van der Waals surface area (Å²) in [5.74, 6) is 0. The average molecular weight is 220 g/mol. The maximum Gasteiger partial charge on any atom is 0.0700 e. The molecule has 0 aromatic heterocycles. The van der Waals surface area contributed by atoms with Gasteiger partial charge in [0.05, 0.1) is 5.70 Å². The van der Waals surface area contributed by atoms with Crippen LogP contribution in [0.3, 0.4) is 0 Å². The normalized spacial score (nSPS) is 11.0. The Kier molecular flexibility index (Phi) is 4.32. The lowest BCUT2D eigenvalue weighted by Crippen LogP contribution is -1.85.